The van der Waals surface area contributed by atoms with Gasteiger partial charge in [0.05, 0.1) is 5.92 Å². The van der Waals surface area contributed by atoms with Crippen molar-refractivity contribution in [3.63, 3.8) is 0 Å². The second-order valence-electron chi connectivity index (χ2n) is 7.60. The fourth-order valence-electron chi connectivity index (χ4n) is 3.45. The molecule has 1 aliphatic heterocycles. The van der Waals surface area contributed by atoms with Crippen LogP contribution in [0, 0.1) is 11.8 Å². The van der Waals surface area contributed by atoms with Crippen molar-refractivity contribution in [1.29, 1.82) is 0 Å². The van der Waals surface area contributed by atoms with E-state index in [0.29, 0.717) is 38.4 Å². The number of piperazine rings is 1. The Bertz CT molecular complexity index is 834. The molecular formula is C20H26N4O4S. The van der Waals surface area contributed by atoms with Crippen LogP contribution in [0.1, 0.15) is 20.3 Å². The Morgan fingerprint density at radius 1 is 1.14 bits per heavy atom. The molecule has 1 amide bonds. The third-order valence-electron chi connectivity index (χ3n) is 4.99. The van der Waals surface area contributed by atoms with Crippen LogP contribution in [0.2, 0.25) is 0 Å². The number of rotatable bonds is 7. The molecule has 0 radical (unpaired) electrons. The lowest BCUT2D eigenvalue weighted by atomic mass is 9.90. The summed E-state index contributed by atoms with van der Waals surface area (Å²) in [6, 6.07) is 9.76. The van der Waals surface area contributed by atoms with Crippen molar-refractivity contribution in [3.8, 4) is 11.4 Å². The lowest BCUT2D eigenvalue weighted by Crippen LogP contribution is -2.52. The summed E-state index contributed by atoms with van der Waals surface area (Å²) < 4.78 is 4.43. The molecule has 1 saturated heterocycles. The molecule has 1 aromatic carbocycles. The van der Waals surface area contributed by atoms with Crippen LogP contribution in [0.4, 0.5) is 5.13 Å². The third-order valence-corrected chi connectivity index (χ3v) is 5.76. The van der Waals surface area contributed by atoms with Crippen molar-refractivity contribution in [2.75, 3.05) is 31.1 Å². The SMILES string of the molecule is CC(C)CC(C(=O)N1CCN(c2nc(-c3ccccc3)ns2)CC1)C(O)C(=O)O. The Hall–Kier alpha value is -2.52. The van der Waals surface area contributed by atoms with Gasteiger partial charge in [-0.25, -0.2) is 4.79 Å². The van der Waals surface area contributed by atoms with E-state index in [1.807, 2.05) is 44.2 Å². The Kier molecular flexibility index (Phi) is 6.81. The number of aliphatic hydroxyl groups is 1. The zero-order valence-corrected chi connectivity index (χ0v) is 17.4. The van der Waals surface area contributed by atoms with Gasteiger partial charge in [-0.2, -0.15) is 9.36 Å². The molecule has 2 aromatic rings. The van der Waals surface area contributed by atoms with Crippen molar-refractivity contribution in [2.24, 2.45) is 11.8 Å². The topological polar surface area (TPSA) is 107 Å². The molecule has 0 saturated carbocycles. The van der Waals surface area contributed by atoms with Gasteiger partial charge >= 0.3 is 5.97 Å². The molecule has 2 unspecified atom stereocenters. The van der Waals surface area contributed by atoms with Gasteiger partial charge in [0.25, 0.3) is 0 Å². The quantitative estimate of drug-likeness (QED) is 0.708. The highest BCUT2D eigenvalue weighted by molar-refractivity contribution is 7.09. The number of hydrogen-bond acceptors (Lipinski definition) is 7. The molecule has 2 N–H and O–H groups in total. The first-order valence-electron chi connectivity index (χ1n) is 9.70. The van der Waals surface area contributed by atoms with Gasteiger partial charge < -0.3 is 20.0 Å². The van der Waals surface area contributed by atoms with E-state index >= 15 is 0 Å². The Balaban J connectivity index is 1.63. The first kappa shape index (κ1) is 21.2. The number of carbonyl (C=O) groups is 2. The fraction of sp³-hybridized carbons (Fsp3) is 0.500. The summed E-state index contributed by atoms with van der Waals surface area (Å²) in [6.45, 7) is 5.92. The number of nitrogens with zero attached hydrogens (tertiary/aromatic N) is 4. The van der Waals surface area contributed by atoms with E-state index in [4.69, 9.17) is 5.11 Å². The van der Waals surface area contributed by atoms with Gasteiger partial charge in [-0.15, -0.1) is 0 Å². The molecule has 9 heteroatoms. The van der Waals surface area contributed by atoms with Gasteiger partial charge in [0.1, 0.15) is 0 Å². The molecule has 2 heterocycles. The van der Waals surface area contributed by atoms with E-state index < -0.39 is 18.0 Å². The van der Waals surface area contributed by atoms with Crippen LogP contribution in [0.25, 0.3) is 11.4 Å². The predicted molar refractivity (Wildman–Crippen MR) is 111 cm³/mol. The lowest BCUT2D eigenvalue weighted by molar-refractivity contribution is -0.157. The second-order valence-corrected chi connectivity index (χ2v) is 8.33. The van der Waals surface area contributed by atoms with E-state index in [9.17, 15) is 14.7 Å². The number of carboxylic acid groups (broad SMARTS) is 1. The minimum Gasteiger partial charge on any atom is -0.479 e. The minimum absolute atomic E-state index is 0.108. The van der Waals surface area contributed by atoms with Crippen LogP contribution < -0.4 is 4.90 Å². The minimum atomic E-state index is -1.68. The van der Waals surface area contributed by atoms with E-state index in [1.165, 1.54) is 11.5 Å². The van der Waals surface area contributed by atoms with E-state index in [2.05, 4.69) is 14.3 Å². The molecule has 0 bridgehead atoms. The number of aliphatic hydroxyl groups excluding tert-OH is 1. The highest BCUT2D eigenvalue weighted by Gasteiger charge is 2.36. The normalized spacial score (nSPS) is 16.7. The number of amides is 1. The van der Waals surface area contributed by atoms with Crippen molar-refractivity contribution in [2.45, 2.75) is 26.4 Å². The predicted octanol–water partition coefficient (Wildman–Crippen LogP) is 1.96. The van der Waals surface area contributed by atoms with Crippen LogP contribution in [0.3, 0.4) is 0 Å². The number of aromatic nitrogens is 2. The zero-order chi connectivity index (χ0) is 21.0. The molecule has 1 fully saturated rings. The van der Waals surface area contributed by atoms with E-state index in [-0.39, 0.29) is 11.8 Å². The van der Waals surface area contributed by atoms with Crippen molar-refractivity contribution in [3.05, 3.63) is 30.3 Å². The van der Waals surface area contributed by atoms with Crippen LogP contribution in [-0.2, 0) is 9.59 Å². The van der Waals surface area contributed by atoms with Crippen LogP contribution in [0.5, 0.6) is 0 Å². The van der Waals surface area contributed by atoms with Crippen molar-refractivity contribution in [1.82, 2.24) is 14.3 Å². The standard InChI is InChI=1S/C20H26N4O4S/c1-13(2)12-15(16(25)19(27)28)18(26)23-8-10-24(11-9-23)20-21-17(22-29-20)14-6-4-3-5-7-14/h3-7,13,15-16,25H,8-12H2,1-2H3,(H,27,28). The molecule has 0 spiro atoms. The number of hydrogen-bond donors (Lipinski definition) is 2. The monoisotopic (exact) mass is 418 g/mol. The summed E-state index contributed by atoms with van der Waals surface area (Å²) >= 11 is 1.33. The number of carbonyl (C=O) groups excluding carboxylic acids is 1. The maximum Gasteiger partial charge on any atom is 0.333 e. The number of benzene rings is 1. The maximum absolute atomic E-state index is 12.9. The molecule has 156 valence electrons. The fourth-order valence-corrected chi connectivity index (χ4v) is 4.19. The molecule has 2 atom stereocenters. The Morgan fingerprint density at radius 2 is 1.79 bits per heavy atom. The average Bonchev–Trinajstić information content (AvgIpc) is 3.22. The maximum atomic E-state index is 12.9. The number of carboxylic acids is 1. The molecule has 1 aromatic heterocycles. The van der Waals surface area contributed by atoms with Gasteiger partial charge in [0, 0.05) is 43.3 Å². The summed E-state index contributed by atoms with van der Waals surface area (Å²) in [5.41, 5.74) is 0.961. The zero-order valence-electron chi connectivity index (χ0n) is 16.6. The largest absolute Gasteiger partial charge is 0.479 e. The Labute approximate surface area is 174 Å². The third kappa shape index (κ3) is 5.10. The first-order chi connectivity index (χ1) is 13.9. The molecule has 8 nitrogen and oxygen atoms in total. The summed E-state index contributed by atoms with van der Waals surface area (Å²) in [7, 11) is 0. The highest BCUT2D eigenvalue weighted by atomic mass is 32.1. The summed E-state index contributed by atoms with van der Waals surface area (Å²) in [5.74, 6) is -1.78. The molecule has 1 aliphatic rings. The van der Waals surface area contributed by atoms with Gasteiger partial charge in [0.2, 0.25) is 11.0 Å². The van der Waals surface area contributed by atoms with E-state index in [0.717, 1.165) is 10.7 Å². The lowest BCUT2D eigenvalue weighted by Gasteiger charge is -2.36. The Morgan fingerprint density at radius 3 is 2.38 bits per heavy atom. The second kappa shape index (κ2) is 9.32. The summed E-state index contributed by atoms with van der Waals surface area (Å²) in [4.78, 5) is 32.4. The molecule has 0 aliphatic carbocycles. The number of anilines is 1. The molecule has 29 heavy (non-hydrogen) atoms. The summed E-state index contributed by atoms with van der Waals surface area (Å²) in [5, 5.41) is 20.0. The molecular weight excluding hydrogens is 392 g/mol. The van der Waals surface area contributed by atoms with E-state index in [1.54, 1.807) is 4.90 Å². The van der Waals surface area contributed by atoms with Crippen molar-refractivity contribution < 1.29 is 19.8 Å². The van der Waals surface area contributed by atoms with Crippen LogP contribution in [-0.4, -0.2) is 68.6 Å². The van der Waals surface area contributed by atoms with Gasteiger partial charge in [-0.3, -0.25) is 4.79 Å². The highest BCUT2D eigenvalue weighted by Crippen LogP contribution is 2.26. The summed E-state index contributed by atoms with van der Waals surface area (Å²) in [6.07, 6.45) is -1.34. The smallest absolute Gasteiger partial charge is 0.333 e. The van der Waals surface area contributed by atoms with Gasteiger partial charge in [-0.05, 0) is 12.3 Å². The van der Waals surface area contributed by atoms with Crippen LogP contribution in [0.15, 0.2) is 30.3 Å². The van der Waals surface area contributed by atoms with Crippen molar-refractivity contribution >= 4 is 28.5 Å². The van der Waals surface area contributed by atoms with Gasteiger partial charge in [-0.1, -0.05) is 44.2 Å². The number of aliphatic carboxylic acids is 1. The first-order valence-corrected chi connectivity index (χ1v) is 10.5. The average molecular weight is 419 g/mol. The van der Waals surface area contributed by atoms with Crippen LogP contribution >= 0.6 is 11.5 Å². The molecule has 3 rings (SSSR count). The van der Waals surface area contributed by atoms with Gasteiger partial charge in [0.15, 0.2) is 11.9 Å².